The van der Waals surface area contributed by atoms with Crippen molar-refractivity contribution in [3.8, 4) is 0 Å². The van der Waals surface area contributed by atoms with E-state index in [1.165, 1.54) is 38.5 Å². The fourth-order valence-electron chi connectivity index (χ4n) is 2.12. The van der Waals surface area contributed by atoms with Crippen LogP contribution in [0.1, 0.15) is 65.2 Å². The van der Waals surface area contributed by atoms with Gasteiger partial charge in [-0.15, -0.1) is 11.8 Å². The Bertz CT molecular complexity index is 278. The Morgan fingerprint density at radius 2 is 1.89 bits per heavy atom. The third-order valence-corrected chi connectivity index (χ3v) is 4.58. The molecule has 1 saturated heterocycles. The number of hydrogen-bond donors (Lipinski definition) is 0. The second kappa shape index (κ2) is 8.57. The van der Waals surface area contributed by atoms with Crippen molar-refractivity contribution < 1.29 is 14.3 Å². The summed E-state index contributed by atoms with van der Waals surface area (Å²) in [6.07, 6.45) is 9.13. The molecule has 104 valence electrons. The van der Waals surface area contributed by atoms with Gasteiger partial charge in [0.2, 0.25) is 0 Å². The van der Waals surface area contributed by atoms with Crippen molar-refractivity contribution in [1.29, 1.82) is 0 Å². The molecule has 3 nitrogen and oxygen atoms in total. The first-order valence-corrected chi connectivity index (χ1v) is 7.97. The van der Waals surface area contributed by atoms with Gasteiger partial charge in [-0.1, -0.05) is 52.4 Å². The number of carbonyl (C=O) groups is 2. The summed E-state index contributed by atoms with van der Waals surface area (Å²) in [5, 5.41) is 0.173. The summed E-state index contributed by atoms with van der Waals surface area (Å²) in [5.74, 6) is -0.718. The quantitative estimate of drug-likeness (QED) is 0.365. The summed E-state index contributed by atoms with van der Waals surface area (Å²) in [5.41, 5.74) is 0. The highest BCUT2D eigenvalue weighted by Gasteiger charge is 2.34. The monoisotopic (exact) mass is 272 g/mol. The number of hydrogen-bond acceptors (Lipinski definition) is 4. The van der Waals surface area contributed by atoms with Crippen molar-refractivity contribution in [2.24, 2.45) is 0 Å². The predicted molar refractivity (Wildman–Crippen MR) is 74.6 cm³/mol. The molecule has 1 fully saturated rings. The maximum atomic E-state index is 11.3. The van der Waals surface area contributed by atoms with Crippen LogP contribution in [0.4, 0.5) is 0 Å². The summed E-state index contributed by atoms with van der Waals surface area (Å²) >= 11 is 1.59. The largest absolute Gasteiger partial charge is 0.392 e. The van der Waals surface area contributed by atoms with Gasteiger partial charge in [0.05, 0.1) is 6.42 Å². The number of carbonyl (C=O) groups excluding carboxylic acids is 2. The van der Waals surface area contributed by atoms with Gasteiger partial charge in [0, 0.05) is 5.25 Å². The molecule has 1 aliphatic rings. The van der Waals surface area contributed by atoms with Crippen LogP contribution in [0.2, 0.25) is 0 Å². The highest BCUT2D eigenvalue weighted by atomic mass is 32.2. The van der Waals surface area contributed by atoms with Crippen molar-refractivity contribution in [1.82, 2.24) is 0 Å². The minimum absolute atomic E-state index is 0.254. The van der Waals surface area contributed by atoms with Crippen molar-refractivity contribution in [3.05, 3.63) is 0 Å². The minimum Gasteiger partial charge on any atom is -0.392 e. The Kier molecular flexibility index (Phi) is 7.40. The number of rotatable bonds is 9. The van der Waals surface area contributed by atoms with E-state index in [1.54, 1.807) is 11.8 Å². The van der Waals surface area contributed by atoms with Gasteiger partial charge in [-0.2, -0.15) is 0 Å². The van der Waals surface area contributed by atoms with E-state index in [9.17, 15) is 9.59 Å². The van der Waals surface area contributed by atoms with E-state index in [0.29, 0.717) is 5.25 Å². The third kappa shape index (κ3) is 5.89. The van der Waals surface area contributed by atoms with Crippen LogP contribution >= 0.6 is 11.8 Å². The molecule has 1 rings (SSSR count). The van der Waals surface area contributed by atoms with Gasteiger partial charge in [-0.05, 0) is 6.42 Å². The fourth-order valence-corrected chi connectivity index (χ4v) is 3.37. The van der Waals surface area contributed by atoms with Gasteiger partial charge in [-0.25, -0.2) is 0 Å². The lowest BCUT2D eigenvalue weighted by atomic mass is 10.1. The fraction of sp³-hybridized carbons (Fsp3) is 0.857. The van der Waals surface area contributed by atoms with E-state index in [-0.39, 0.29) is 23.6 Å². The molecule has 1 aliphatic heterocycles. The summed E-state index contributed by atoms with van der Waals surface area (Å²) < 4.78 is 4.55. The zero-order valence-corrected chi connectivity index (χ0v) is 12.3. The molecule has 2 unspecified atom stereocenters. The molecular weight excluding hydrogens is 248 g/mol. The smallest absolute Gasteiger partial charge is 0.327 e. The standard InChI is InChI=1S/C14H24O3S/c1-3-4-5-6-7-8-9-11(2)18-12-10-13(15)17-14(12)16/h11-12H,3-10H2,1-2H3. The van der Waals surface area contributed by atoms with Crippen LogP contribution in [0.25, 0.3) is 0 Å². The van der Waals surface area contributed by atoms with Gasteiger partial charge in [0.1, 0.15) is 5.25 Å². The number of cyclic esters (lactones) is 2. The molecule has 2 atom stereocenters. The molecule has 0 aliphatic carbocycles. The number of ether oxygens (including phenoxy) is 1. The average molecular weight is 272 g/mol. The van der Waals surface area contributed by atoms with E-state index in [2.05, 4.69) is 18.6 Å². The van der Waals surface area contributed by atoms with Crippen molar-refractivity contribution >= 4 is 23.7 Å². The van der Waals surface area contributed by atoms with Crippen LogP contribution < -0.4 is 0 Å². The van der Waals surface area contributed by atoms with Crippen molar-refractivity contribution in [3.63, 3.8) is 0 Å². The first kappa shape index (κ1) is 15.5. The Hall–Kier alpha value is -0.510. The Balaban J connectivity index is 2.05. The molecule has 0 bridgehead atoms. The first-order chi connectivity index (χ1) is 8.63. The lowest BCUT2D eigenvalue weighted by Gasteiger charge is -2.13. The average Bonchev–Trinajstić information content (AvgIpc) is 2.62. The van der Waals surface area contributed by atoms with Crippen LogP contribution in [0.15, 0.2) is 0 Å². The van der Waals surface area contributed by atoms with Gasteiger partial charge >= 0.3 is 11.9 Å². The Labute approximate surface area is 114 Å². The normalized spacial score (nSPS) is 21.1. The summed E-state index contributed by atoms with van der Waals surface area (Å²) in [6.45, 7) is 4.35. The predicted octanol–water partition coefficient (Wildman–Crippen LogP) is 3.70. The maximum absolute atomic E-state index is 11.3. The zero-order valence-electron chi connectivity index (χ0n) is 11.4. The second-order valence-corrected chi connectivity index (χ2v) is 6.63. The molecule has 0 spiro atoms. The van der Waals surface area contributed by atoms with E-state index < -0.39 is 0 Å². The van der Waals surface area contributed by atoms with Crippen LogP contribution in [-0.4, -0.2) is 22.4 Å². The molecule has 18 heavy (non-hydrogen) atoms. The zero-order chi connectivity index (χ0) is 13.4. The van der Waals surface area contributed by atoms with Crippen molar-refractivity contribution in [2.45, 2.75) is 75.7 Å². The molecule has 0 saturated carbocycles. The molecule has 0 aromatic heterocycles. The first-order valence-electron chi connectivity index (χ1n) is 7.03. The summed E-state index contributed by atoms with van der Waals surface area (Å²) in [6, 6.07) is 0. The molecule has 0 aromatic carbocycles. The summed E-state index contributed by atoms with van der Waals surface area (Å²) in [4.78, 5) is 22.3. The topological polar surface area (TPSA) is 43.4 Å². The van der Waals surface area contributed by atoms with E-state index >= 15 is 0 Å². The molecule has 0 radical (unpaired) electrons. The van der Waals surface area contributed by atoms with Crippen LogP contribution in [-0.2, 0) is 14.3 Å². The van der Waals surface area contributed by atoms with Gasteiger partial charge in [0.25, 0.3) is 0 Å². The van der Waals surface area contributed by atoms with Gasteiger partial charge in [0.15, 0.2) is 0 Å². The highest BCUT2D eigenvalue weighted by molar-refractivity contribution is 8.01. The summed E-state index contributed by atoms with van der Waals surface area (Å²) in [7, 11) is 0. The van der Waals surface area contributed by atoms with Gasteiger partial charge < -0.3 is 4.74 Å². The lowest BCUT2D eigenvalue weighted by molar-refractivity contribution is -0.151. The number of esters is 2. The maximum Gasteiger partial charge on any atom is 0.327 e. The SMILES string of the molecule is CCCCCCCCC(C)SC1CC(=O)OC1=O. The molecule has 1 heterocycles. The number of thioether (sulfide) groups is 1. The van der Waals surface area contributed by atoms with Crippen LogP contribution in [0.3, 0.4) is 0 Å². The van der Waals surface area contributed by atoms with E-state index in [1.807, 2.05) is 0 Å². The van der Waals surface area contributed by atoms with Crippen molar-refractivity contribution in [2.75, 3.05) is 0 Å². The van der Waals surface area contributed by atoms with Crippen LogP contribution in [0.5, 0.6) is 0 Å². The minimum atomic E-state index is -0.371. The van der Waals surface area contributed by atoms with Gasteiger partial charge in [-0.3, -0.25) is 9.59 Å². The van der Waals surface area contributed by atoms with E-state index in [0.717, 1.165) is 6.42 Å². The third-order valence-electron chi connectivity index (χ3n) is 3.19. The molecule has 4 heteroatoms. The Morgan fingerprint density at radius 1 is 1.22 bits per heavy atom. The second-order valence-electron chi connectivity index (χ2n) is 4.99. The highest BCUT2D eigenvalue weighted by Crippen LogP contribution is 2.29. The van der Waals surface area contributed by atoms with Crippen LogP contribution in [0, 0.1) is 0 Å². The molecular formula is C14H24O3S. The molecule has 0 aromatic rings. The molecule has 0 N–H and O–H groups in total. The van der Waals surface area contributed by atoms with E-state index in [4.69, 9.17) is 0 Å². The lowest BCUT2D eigenvalue weighted by Crippen LogP contribution is -2.13. The number of unbranched alkanes of at least 4 members (excludes halogenated alkanes) is 5. The Morgan fingerprint density at radius 3 is 2.50 bits per heavy atom. The molecule has 0 amide bonds.